The first-order valence-corrected chi connectivity index (χ1v) is 10.2. The number of benzene rings is 2. The van der Waals surface area contributed by atoms with Gasteiger partial charge >= 0.3 is 0 Å². The number of aryl methyl sites for hydroxylation is 1. The molecule has 0 atom stereocenters. The van der Waals surface area contributed by atoms with Crippen molar-refractivity contribution in [2.75, 3.05) is 20.1 Å². The number of rotatable bonds is 2. The van der Waals surface area contributed by atoms with Crippen molar-refractivity contribution in [1.29, 1.82) is 5.26 Å². The summed E-state index contributed by atoms with van der Waals surface area (Å²) in [5.41, 5.74) is 5.14. The van der Waals surface area contributed by atoms with Gasteiger partial charge in [0, 0.05) is 11.4 Å². The Morgan fingerprint density at radius 2 is 1.80 bits per heavy atom. The van der Waals surface area contributed by atoms with Gasteiger partial charge in [0.25, 0.3) is 0 Å². The molecule has 2 aromatic heterocycles. The van der Waals surface area contributed by atoms with E-state index in [1.807, 2.05) is 24.4 Å². The van der Waals surface area contributed by atoms with E-state index in [-0.39, 0.29) is 11.3 Å². The lowest BCUT2D eigenvalue weighted by Gasteiger charge is -2.31. The summed E-state index contributed by atoms with van der Waals surface area (Å²) >= 11 is 0. The van der Waals surface area contributed by atoms with Gasteiger partial charge in [-0.15, -0.1) is 0 Å². The minimum absolute atomic E-state index is 0.00191. The number of aromatic nitrogens is 3. The zero-order chi connectivity index (χ0) is 20.8. The van der Waals surface area contributed by atoms with Crippen LogP contribution in [0, 0.1) is 18.3 Å². The molecule has 3 heterocycles. The third-order valence-electron chi connectivity index (χ3n) is 6.20. The number of phenolic OH excluding ortho intramolecular Hbond substituents is 1. The molecule has 1 fully saturated rings. The molecule has 0 bridgehead atoms. The van der Waals surface area contributed by atoms with Crippen LogP contribution >= 0.6 is 0 Å². The number of phenols is 1. The summed E-state index contributed by atoms with van der Waals surface area (Å²) in [4.78, 5) is 11.8. The third kappa shape index (κ3) is 2.99. The molecule has 0 radical (unpaired) electrons. The van der Waals surface area contributed by atoms with Gasteiger partial charge < -0.3 is 14.6 Å². The second-order valence-electron chi connectivity index (χ2n) is 8.13. The highest BCUT2D eigenvalue weighted by atomic mass is 16.3. The summed E-state index contributed by atoms with van der Waals surface area (Å²) in [6, 6.07) is 13.8. The van der Waals surface area contributed by atoms with Crippen molar-refractivity contribution < 1.29 is 5.11 Å². The molecule has 1 aliphatic rings. The number of hydrogen-bond acceptors (Lipinski definition) is 5. The number of imidazole rings is 1. The Kier molecular flexibility index (Phi) is 4.41. The molecule has 0 spiro atoms. The van der Waals surface area contributed by atoms with E-state index in [4.69, 9.17) is 4.98 Å². The zero-order valence-corrected chi connectivity index (χ0v) is 17.1. The minimum Gasteiger partial charge on any atom is -0.507 e. The summed E-state index contributed by atoms with van der Waals surface area (Å²) in [5.74, 6) is 1.03. The van der Waals surface area contributed by atoms with Crippen LogP contribution in [0.3, 0.4) is 0 Å². The molecule has 1 saturated heterocycles. The fourth-order valence-corrected chi connectivity index (χ4v) is 4.58. The predicted octanol–water partition coefficient (Wildman–Crippen LogP) is 4.40. The van der Waals surface area contributed by atoms with Crippen LogP contribution in [0.15, 0.2) is 42.6 Å². The van der Waals surface area contributed by atoms with Crippen molar-refractivity contribution in [3.05, 3.63) is 54.0 Å². The van der Waals surface area contributed by atoms with E-state index < -0.39 is 0 Å². The largest absolute Gasteiger partial charge is 0.507 e. The van der Waals surface area contributed by atoms with Crippen LogP contribution in [0.25, 0.3) is 33.1 Å². The summed E-state index contributed by atoms with van der Waals surface area (Å²) in [6.07, 6.45) is 4.08. The Hall–Kier alpha value is -3.43. The molecule has 5 rings (SSSR count). The molecular weight excluding hydrogens is 374 g/mol. The first-order chi connectivity index (χ1) is 14.5. The van der Waals surface area contributed by atoms with Crippen LogP contribution in [-0.2, 0) is 0 Å². The van der Waals surface area contributed by atoms with Gasteiger partial charge in [-0.1, -0.05) is 12.1 Å². The smallest absolute Gasteiger partial charge is 0.133 e. The molecule has 0 amide bonds. The van der Waals surface area contributed by atoms with Gasteiger partial charge in [-0.05, 0) is 75.3 Å². The molecule has 1 aliphatic heterocycles. The Morgan fingerprint density at radius 1 is 1.07 bits per heavy atom. The number of hydrogen-bond donors (Lipinski definition) is 1. The summed E-state index contributed by atoms with van der Waals surface area (Å²) < 4.78 is 2.40. The zero-order valence-electron chi connectivity index (χ0n) is 17.1. The van der Waals surface area contributed by atoms with E-state index in [1.165, 1.54) is 0 Å². The lowest BCUT2D eigenvalue weighted by Crippen LogP contribution is -2.31. The Labute approximate surface area is 175 Å². The van der Waals surface area contributed by atoms with Crippen molar-refractivity contribution in [3.8, 4) is 22.9 Å². The van der Waals surface area contributed by atoms with Crippen LogP contribution in [0.4, 0.5) is 0 Å². The molecule has 150 valence electrons. The van der Waals surface area contributed by atoms with Crippen molar-refractivity contribution in [2.45, 2.75) is 25.8 Å². The average molecular weight is 397 g/mol. The van der Waals surface area contributed by atoms with E-state index in [9.17, 15) is 10.4 Å². The molecule has 0 aliphatic carbocycles. The van der Waals surface area contributed by atoms with Gasteiger partial charge in [-0.2, -0.15) is 5.26 Å². The molecule has 30 heavy (non-hydrogen) atoms. The summed E-state index contributed by atoms with van der Waals surface area (Å²) in [5, 5.41) is 20.2. The van der Waals surface area contributed by atoms with Gasteiger partial charge in [0.1, 0.15) is 23.2 Å². The normalized spacial score (nSPS) is 15.6. The van der Waals surface area contributed by atoms with Gasteiger partial charge in [-0.25, -0.2) is 4.98 Å². The summed E-state index contributed by atoms with van der Waals surface area (Å²) in [6.45, 7) is 4.25. The van der Waals surface area contributed by atoms with Gasteiger partial charge in [0.2, 0.25) is 0 Å². The molecule has 4 aromatic rings. The number of piperidine rings is 1. The fourth-order valence-electron chi connectivity index (χ4n) is 4.58. The number of pyridine rings is 1. The predicted molar refractivity (Wildman–Crippen MR) is 117 cm³/mol. The molecule has 6 heteroatoms. The standard InChI is InChI=1S/C24H23N5O/c1-15-27-22-14-26-21-5-3-17(16-4-6-23(30)18(11-16)13-25)12-20(21)24(22)29(15)19-7-9-28(2)10-8-19/h3-6,11-12,14,19,30H,7-10H2,1-2H3. The molecule has 0 unspecified atom stereocenters. The first kappa shape index (κ1) is 18.6. The number of fused-ring (bicyclic) bond motifs is 3. The van der Waals surface area contributed by atoms with E-state index in [0.717, 1.165) is 64.8 Å². The van der Waals surface area contributed by atoms with Gasteiger partial charge in [0.15, 0.2) is 0 Å². The highest BCUT2D eigenvalue weighted by molar-refractivity contribution is 6.04. The molecule has 1 N–H and O–H groups in total. The second kappa shape index (κ2) is 7.12. The third-order valence-corrected chi connectivity index (χ3v) is 6.20. The van der Waals surface area contributed by atoms with Crippen LogP contribution in [0.1, 0.15) is 30.3 Å². The van der Waals surface area contributed by atoms with Crippen LogP contribution < -0.4 is 0 Å². The quantitative estimate of drug-likeness (QED) is 0.542. The number of likely N-dealkylation sites (tertiary alicyclic amines) is 1. The Balaban J connectivity index is 1.71. The van der Waals surface area contributed by atoms with Crippen molar-refractivity contribution in [3.63, 3.8) is 0 Å². The van der Waals surface area contributed by atoms with Crippen LogP contribution in [0.5, 0.6) is 5.75 Å². The fraction of sp³-hybridized carbons (Fsp3) is 0.292. The maximum absolute atomic E-state index is 9.85. The molecule has 6 nitrogen and oxygen atoms in total. The maximum Gasteiger partial charge on any atom is 0.133 e. The van der Waals surface area contributed by atoms with Crippen molar-refractivity contribution in [2.24, 2.45) is 0 Å². The topological polar surface area (TPSA) is 78.0 Å². The van der Waals surface area contributed by atoms with Crippen LogP contribution in [0.2, 0.25) is 0 Å². The number of aromatic hydroxyl groups is 1. The SMILES string of the molecule is Cc1nc2cnc3ccc(-c4ccc(O)c(C#N)c4)cc3c2n1C1CCN(C)CC1. The summed E-state index contributed by atoms with van der Waals surface area (Å²) in [7, 11) is 2.17. The maximum atomic E-state index is 9.85. The van der Waals surface area contributed by atoms with Crippen LogP contribution in [-0.4, -0.2) is 44.7 Å². The number of nitrogens with zero attached hydrogens (tertiary/aromatic N) is 5. The van der Waals surface area contributed by atoms with Gasteiger partial charge in [-0.3, -0.25) is 4.98 Å². The lowest BCUT2D eigenvalue weighted by atomic mass is 10.00. The van der Waals surface area contributed by atoms with E-state index >= 15 is 0 Å². The van der Waals surface area contributed by atoms with Gasteiger partial charge in [0.05, 0.1) is 22.8 Å². The second-order valence-corrected chi connectivity index (χ2v) is 8.13. The highest BCUT2D eigenvalue weighted by Gasteiger charge is 2.23. The Bertz CT molecular complexity index is 1310. The monoisotopic (exact) mass is 397 g/mol. The van der Waals surface area contributed by atoms with E-state index in [2.05, 4.69) is 40.6 Å². The number of nitriles is 1. The average Bonchev–Trinajstić information content (AvgIpc) is 3.10. The Morgan fingerprint density at radius 3 is 2.57 bits per heavy atom. The van der Waals surface area contributed by atoms with Crippen molar-refractivity contribution >= 4 is 21.9 Å². The van der Waals surface area contributed by atoms with Crippen molar-refractivity contribution in [1.82, 2.24) is 19.4 Å². The minimum atomic E-state index is 0.00191. The molecule has 2 aromatic carbocycles. The lowest BCUT2D eigenvalue weighted by molar-refractivity contribution is 0.222. The van der Waals surface area contributed by atoms with E-state index in [0.29, 0.717) is 6.04 Å². The van der Waals surface area contributed by atoms with E-state index in [1.54, 1.807) is 12.1 Å². The molecule has 0 saturated carbocycles. The highest BCUT2D eigenvalue weighted by Crippen LogP contribution is 2.34. The molecular formula is C24H23N5O. The first-order valence-electron chi connectivity index (χ1n) is 10.2.